The number of carboxylic acids is 1. The second kappa shape index (κ2) is 6.07. The van der Waals surface area contributed by atoms with Crippen LogP contribution in [0.15, 0.2) is 24.3 Å². The summed E-state index contributed by atoms with van der Waals surface area (Å²) in [6.45, 7) is 2.00. The summed E-state index contributed by atoms with van der Waals surface area (Å²) in [7, 11) is 0. The second-order valence-corrected chi connectivity index (χ2v) is 5.09. The standard InChI is InChI=1S/C15H17NO5/c1-9-2-3-11(6-10(9)4-5-14(19)20)15(21)16-7-12(17)13(18)8-16/h2-6,12-13,17-18H,7-8H2,1H3,(H,19,20)/b5-4+. The molecule has 112 valence electrons. The molecule has 1 fully saturated rings. The van der Waals surface area contributed by atoms with Gasteiger partial charge in [0.15, 0.2) is 0 Å². The summed E-state index contributed by atoms with van der Waals surface area (Å²) >= 11 is 0. The minimum Gasteiger partial charge on any atom is -0.478 e. The van der Waals surface area contributed by atoms with Gasteiger partial charge in [-0.25, -0.2) is 4.79 Å². The highest BCUT2D eigenvalue weighted by molar-refractivity contribution is 5.95. The molecule has 2 atom stereocenters. The maximum absolute atomic E-state index is 12.3. The van der Waals surface area contributed by atoms with Crippen molar-refractivity contribution in [2.24, 2.45) is 0 Å². The quantitative estimate of drug-likeness (QED) is 0.694. The molecular weight excluding hydrogens is 274 g/mol. The number of aliphatic hydroxyl groups excluding tert-OH is 2. The fourth-order valence-corrected chi connectivity index (χ4v) is 2.23. The summed E-state index contributed by atoms with van der Waals surface area (Å²) in [5.41, 5.74) is 1.89. The van der Waals surface area contributed by atoms with Crippen LogP contribution in [-0.4, -0.2) is 57.4 Å². The largest absolute Gasteiger partial charge is 0.478 e. The van der Waals surface area contributed by atoms with E-state index in [1.165, 1.54) is 11.0 Å². The fraction of sp³-hybridized carbons (Fsp3) is 0.333. The van der Waals surface area contributed by atoms with Gasteiger partial charge < -0.3 is 20.2 Å². The molecule has 0 spiro atoms. The molecule has 1 amide bonds. The maximum Gasteiger partial charge on any atom is 0.328 e. The molecule has 21 heavy (non-hydrogen) atoms. The predicted octanol–water partition coefficient (Wildman–Crippen LogP) is 0.270. The van der Waals surface area contributed by atoms with Crippen molar-refractivity contribution in [2.75, 3.05) is 13.1 Å². The molecule has 0 saturated carbocycles. The highest BCUT2D eigenvalue weighted by Gasteiger charge is 2.32. The zero-order chi connectivity index (χ0) is 15.6. The summed E-state index contributed by atoms with van der Waals surface area (Å²) < 4.78 is 0. The Kier molecular flexibility index (Phi) is 4.40. The lowest BCUT2D eigenvalue weighted by Crippen LogP contribution is -2.29. The lowest BCUT2D eigenvalue weighted by molar-refractivity contribution is -0.131. The average Bonchev–Trinajstić information content (AvgIpc) is 2.77. The molecule has 1 heterocycles. The number of β-amino-alcohol motifs (C(OH)–C–C–N with tert-alkyl or cyclic N) is 2. The Labute approximate surface area is 121 Å². The number of aryl methyl sites for hydroxylation is 1. The van der Waals surface area contributed by atoms with E-state index in [4.69, 9.17) is 5.11 Å². The van der Waals surface area contributed by atoms with Crippen molar-refractivity contribution in [3.63, 3.8) is 0 Å². The fourth-order valence-electron chi connectivity index (χ4n) is 2.23. The molecule has 0 aliphatic carbocycles. The second-order valence-electron chi connectivity index (χ2n) is 5.09. The maximum atomic E-state index is 12.3. The Balaban J connectivity index is 2.22. The van der Waals surface area contributed by atoms with Crippen LogP contribution < -0.4 is 0 Å². The van der Waals surface area contributed by atoms with Crippen molar-refractivity contribution < 1.29 is 24.9 Å². The van der Waals surface area contributed by atoms with Gasteiger partial charge in [0.25, 0.3) is 5.91 Å². The number of benzene rings is 1. The van der Waals surface area contributed by atoms with E-state index < -0.39 is 18.2 Å². The van der Waals surface area contributed by atoms with Crippen molar-refractivity contribution in [3.8, 4) is 0 Å². The van der Waals surface area contributed by atoms with E-state index >= 15 is 0 Å². The van der Waals surface area contributed by atoms with Crippen molar-refractivity contribution in [1.82, 2.24) is 4.90 Å². The number of carbonyl (C=O) groups is 2. The summed E-state index contributed by atoms with van der Waals surface area (Å²) in [6.07, 6.45) is 0.596. The molecule has 1 aliphatic rings. The number of carbonyl (C=O) groups excluding carboxylic acids is 1. The molecule has 1 aromatic carbocycles. The van der Waals surface area contributed by atoms with Crippen molar-refractivity contribution in [3.05, 3.63) is 41.0 Å². The first kappa shape index (κ1) is 15.2. The van der Waals surface area contributed by atoms with Gasteiger partial charge in [-0.15, -0.1) is 0 Å². The molecule has 1 aromatic rings. The van der Waals surface area contributed by atoms with Gasteiger partial charge in [-0.2, -0.15) is 0 Å². The molecule has 2 unspecified atom stereocenters. The molecule has 0 radical (unpaired) electrons. The van der Waals surface area contributed by atoms with Crippen molar-refractivity contribution >= 4 is 18.0 Å². The van der Waals surface area contributed by atoms with E-state index in [-0.39, 0.29) is 19.0 Å². The molecule has 6 heteroatoms. The van der Waals surface area contributed by atoms with Gasteiger partial charge in [-0.1, -0.05) is 6.07 Å². The first-order chi connectivity index (χ1) is 9.88. The van der Waals surface area contributed by atoms with E-state index in [0.717, 1.165) is 11.6 Å². The van der Waals surface area contributed by atoms with Crippen LogP contribution in [0.1, 0.15) is 21.5 Å². The third kappa shape index (κ3) is 3.48. The highest BCUT2D eigenvalue weighted by Crippen LogP contribution is 2.18. The van der Waals surface area contributed by atoms with Gasteiger partial charge in [0.1, 0.15) is 0 Å². The summed E-state index contributed by atoms with van der Waals surface area (Å²) in [5, 5.41) is 27.6. The van der Waals surface area contributed by atoms with Crippen LogP contribution in [0, 0.1) is 6.92 Å². The number of amides is 1. The molecule has 0 aromatic heterocycles. The van der Waals surface area contributed by atoms with Gasteiger partial charge in [-0.05, 0) is 36.3 Å². The Morgan fingerprint density at radius 1 is 1.24 bits per heavy atom. The molecule has 6 nitrogen and oxygen atoms in total. The minimum absolute atomic E-state index is 0.0914. The molecular formula is C15H17NO5. The van der Waals surface area contributed by atoms with Crippen LogP contribution in [0.3, 0.4) is 0 Å². The summed E-state index contributed by atoms with van der Waals surface area (Å²) in [5.74, 6) is -1.35. The first-order valence-corrected chi connectivity index (χ1v) is 6.55. The van der Waals surface area contributed by atoms with E-state index in [9.17, 15) is 19.8 Å². The molecule has 3 N–H and O–H groups in total. The van der Waals surface area contributed by atoms with Crippen LogP contribution in [-0.2, 0) is 4.79 Å². The summed E-state index contributed by atoms with van der Waals surface area (Å²) in [4.78, 5) is 24.2. The van der Waals surface area contributed by atoms with E-state index in [1.54, 1.807) is 18.2 Å². The zero-order valence-electron chi connectivity index (χ0n) is 11.6. The predicted molar refractivity (Wildman–Crippen MR) is 75.8 cm³/mol. The van der Waals surface area contributed by atoms with Crippen LogP contribution in [0.5, 0.6) is 0 Å². The van der Waals surface area contributed by atoms with E-state index in [0.29, 0.717) is 11.1 Å². The Morgan fingerprint density at radius 3 is 2.43 bits per heavy atom. The highest BCUT2D eigenvalue weighted by atomic mass is 16.4. The Bertz CT molecular complexity index is 586. The SMILES string of the molecule is Cc1ccc(C(=O)N2CC(O)C(O)C2)cc1/C=C/C(=O)O. The minimum atomic E-state index is -1.06. The summed E-state index contributed by atoms with van der Waals surface area (Å²) in [6, 6.07) is 4.98. The van der Waals surface area contributed by atoms with Gasteiger partial charge in [0, 0.05) is 24.7 Å². The molecule has 0 bridgehead atoms. The van der Waals surface area contributed by atoms with Crippen molar-refractivity contribution in [2.45, 2.75) is 19.1 Å². The number of likely N-dealkylation sites (tertiary alicyclic amines) is 1. The Morgan fingerprint density at radius 2 is 1.86 bits per heavy atom. The topological polar surface area (TPSA) is 98.1 Å². The number of aliphatic carboxylic acids is 1. The third-order valence-electron chi connectivity index (χ3n) is 3.48. The molecule has 1 aliphatic heterocycles. The normalized spacial score (nSPS) is 22.0. The molecule has 2 rings (SSSR count). The van der Waals surface area contributed by atoms with Crippen LogP contribution in [0.2, 0.25) is 0 Å². The third-order valence-corrected chi connectivity index (χ3v) is 3.48. The van der Waals surface area contributed by atoms with Gasteiger partial charge in [0.05, 0.1) is 12.2 Å². The number of rotatable bonds is 3. The van der Waals surface area contributed by atoms with Crippen molar-refractivity contribution in [1.29, 1.82) is 0 Å². The monoisotopic (exact) mass is 291 g/mol. The number of carboxylic acid groups (broad SMARTS) is 1. The smallest absolute Gasteiger partial charge is 0.328 e. The van der Waals surface area contributed by atoms with Crippen LogP contribution in [0.4, 0.5) is 0 Å². The Hall–Kier alpha value is -2.18. The average molecular weight is 291 g/mol. The van der Waals surface area contributed by atoms with Gasteiger partial charge in [-0.3, -0.25) is 4.79 Å². The lowest BCUT2D eigenvalue weighted by Gasteiger charge is -2.16. The van der Waals surface area contributed by atoms with E-state index in [1.807, 2.05) is 6.92 Å². The number of aliphatic hydroxyl groups is 2. The number of hydrogen-bond acceptors (Lipinski definition) is 4. The van der Waals surface area contributed by atoms with Crippen LogP contribution >= 0.6 is 0 Å². The number of nitrogens with zero attached hydrogens (tertiary/aromatic N) is 1. The molecule has 1 saturated heterocycles. The lowest BCUT2D eigenvalue weighted by atomic mass is 10.0. The first-order valence-electron chi connectivity index (χ1n) is 6.55. The number of hydrogen-bond donors (Lipinski definition) is 3. The zero-order valence-corrected chi connectivity index (χ0v) is 11.6. The van der Waals surface area contributed by atoms with E-state index in [2.05, 4.69) is 0 Å². The van der Waals surface area contributed by atoms with Crippen LogP contribution in [0.25, 0.3) is 6.08 Å². The van der Waals surface area contributed by atoms with Gasteiger partial charge >= 0.3 is 5.97 Å². The van der Waals surface area contributed by atoms with Gasteiger partial charge in [0.2, 0.25) is 0 Å².